The second kappa shape index (κ2) is 5.56. The molecule has 0 saturated carbocycles. The van der Waals surface area contributed by atoms with E-state index in [1.165, 1.54) is 12.1 Å². The summed E-state index contributed by atoms with van der Waals surface area (Å²) in [6.07, 6.45) is 4.09. The summed E-state index contributed by atoms with van der Waals surface area (Å²) in [5.41, 5.74) is 0.404. The molecule has 1 aromatic carbocycles. The molecule has 1 saturated heterocycles. The van der Waals surface area contributed by atoms with Gasteiger partial charge in [-0.05, 0) is 31.2 Å². The molecule has 1 heterocycles. The van der Waals surface area contributed by atoms with Gasteiger partial charge in [-0.1, -0.05) is 0 Å². The molecule has 1 unspecified atom stereocenters. The van der Waals surface area contributed by atoms with E-state index in [4.69, 9.17) is 0 Å². The van der Waals surface area contributed by atoms with Gasteiger partial charge in [0.1, 0.15) is 11.5 Å². The van der Waals surface area contributed by atoms with Gasteiger partial charge >= 0.3 is 0 Å². The molecular formula is C12H15FN2O2S. The number of nitrogens with zero attached hydrogens (tertiary/aromatic N) is 2. The van der Waals surface area contributed by atoms with Crippen molar-refractivity contribution in [1.29, 1.82) is 0 Å². The van der Waals surface area contributed by atoms with Gasteiger partial charge < -0.3 is 4.90 Å². The second-order valence-electron chi connectivity index (χ2n) is 4.33. The van der Waals surface area contributed by atoms with E-state index in [0.717, 1.165) is 31.2 Å². The highest BCUT2D eigenvalue weighted by Crippen LogP contribution is 2.34. The summed E-state index contributed by atoms with van der Waals surface area (Å²) in [6.45, 7) is 0.803. The first-order chi connectivity index (χ1) is 8.63. The van der Waals surface area contributed by atoms with Crippen molar-refractivity contribution in [2.24, 2.45) is 0 Å². The third-order valence-electron chi connectivity index (χ3n) is 3.18. The van der Waals surface area contributed by atoms with Crippen LogP contribution < -0.4 is 4.90 Å². The Balaban J connectivity index is 2.34. The van der Waals surface area contributed by atoms with Crippen LogP contribution in [0.15, 0.2) is 18.2 Å². The zero-order valence-corrected chi connectivity index (χ0v) is 11.0. The normalized spacial score (nSPS) is 19.2. The van der Waals surface area contributed by atoms with Crippen LogP contribution in [0.1, 0.15) is 12.8 Å². The predicted molar refractivity (Wildman–Crippen MR) is 71.8 cm³/mol. The first-order valence-corrected chi connectivity index (χ1v) is 7.22. The molecule has 1 aliphatic rings. The van der Waals surface area contributed by atoms with Gasteiger partial charge in [-0.3, -0.25) is 10.1 Å². The molecule has 0 N–H and O–H groups in total. The molecule has 0 radical (unpaired) electrons. The summed E-state index contributed by atoms with van der Waals surface area (Å²) < 4.78 is 13.1. The van der Waals surface area contributed by atoms with Gasteiger partial charge in [0.25, 0.3) is 5.69 Å². The minimum absolute atomic E-state index is 0.136. The average molecular weight is 270 g/mol. The molecule has 1 atom stereocenters. The minimum Gasteiger partial charge on any atom is -0.362 e. The van der Waals surface area contributed by atoms with Crippen LogP contribution >= 0.6 is 11.8 Å². The smallest absolute Gasteiger partial charge is 0.295 e. The number of thioether (sulfide) groups is 1. The van der Waals surface area contributed by atoms with Crippen molar-refractivity contribution in [1.82, 2.24) is 0 Å². The van der Waals surface area contributed by atoms with Gasteiger partial charge in [0.15, 0.2) is 0 Å². The van der Waals surface area contributed by atoms with Crippen LogP contribution in [0.4, 0.5) is 15.8 Å². The molecule has 0 spiro atoms. The van der Waals surface area contributed by atoms with E-state index >= 15 is 0 Å². The van der Waals surface area contributed by atoms with E-state index in [9.17, 15) is 14.5 Å². The monoisotopic (exact) mass is 270 g/mol. The first kappa shape index (κ1) is 13.1. The lowest BCUT2D eigenvalue weighted by atomic mass is 10.2. The Bertz CT molecular complexity index is 456. The van der Waals surface area contributed by atoms with E-state index in [1.54, 1.807) is 11.8 Å². The highest BCUT2D eigenvalue weighted by Gasteiger charge is 2.29. The van der Waals surface area contributed by atoms with Gasteiger partial charge in [-0.2, -0.15) is 11.8 Å². The summed E-state index contributed by atoms with van der Waals surface area (Å²) in [5, 5.41) is 11.0. The third-order valence-corrected chi connectivity index (χ3v) is 3.90. The molecule has 0 bridgehead atoms. The zero-order valence-electron chi connectivity index (χ0n) is 10.1. The average Bonchev–Trinajstić information content (AvgIpc) is 2.77. The lowest BCUT2D eigenvalue weighted by Crippen LogP contribution is -2.31. The number of rotatable bonds is 4. The highest BCUT2D eigenvalue weighted by molar-refractivity contribution is 7.98. The van der Waals surface area contributed by atoms with Crippen molar-refractivity contribution < 1.29 is 9.31 Å². The van der Waals surface area contributed by atoms with Gasteiger partial charge in [0.05, 0.1) is 11.0 Å². The molecule has 2 rings (SSSR count). The van der Waals surface area contributed by atoms with Crippen molar-refractivity contribution in [2.45, 2.75) is 18.9 Å². The maximum atomic E-state index is 13.1. The number of hydrogen-bond acceptors (Lipinski definition) is 4. The SMILES string of the molecule is CSCC1CCCN1c1ccc(F)cc1[N+](=O)[O-]. The fourth-order valence-electron chi connectivity index (χ4n) is 2.40. The molecule has 0 aliphatic carbocycles. The van der Waals surface area contributed by atoms with Crippen LogP contribution in [0, 0.1) is 15.9 Å². The molecule has 98 valence electrons. The predicted octanol–water partition coefficient (Wildman–Crippen LogP) is 3.07. The van der Waals surface area contributed by atoms with Gasteiger partial charge in [0, 0.05) is 18.3 Å². The minimum atomic E-state index is -0.564. The summed E-state index contributed by atoms with van der Waals surface area (Å²) >= 11 is 1.73. The summed E-state index contributed by atoms with van der Waals surface area (Å²) in [7, 11) is 0. The third kappa shape index (κ3) is 2.58. The van der Waals surface area contributed by atoms with E-state index in [2.05, 4.69) is 0 Å². The summed E-state index contributed by atoms with van der Waals surface area (Å²) in [4.78, 5) is 12.5. The largest absolute Gasteiger partial charge is 0.362 e. The van der Waals surface area contributed by atoms with Gasteiger partial charge in [-0.25, -0.2) is 4.39 Å². The van der Waals surface area contributed by atoms with E-state index in [0.29, 0.717) is 11.7 Å². The Morgan fingerprint density at radius 3 is 3.06 bits per heavy atom. The Kier molecular flexibility index (Phi) is 4.06. The number of nitro benzene ring substituents is 1. The number of halogens is 1. The molecule has 1 fully saturated rings. The topological polar surface area (TPSA) is 46.4 Å². The molecular weight excluding hydrogens is 255 g/mol. The van der Waals surface area contributed by atoms with Crippen molar-refractivity contribution in [3.63, 3.8) is 0 Å². The molecule has 6 heteroatoms. The quantitative estimate of drug-likeness (QED) is 0.623. The molecule has 0 amide bonds. The maximum absolute atomic E-state index is 13.1. The second-order valence-corrected chi connectivity index (χ2v) is 5.25. The number of benzene rings is 1. The van der Waals surface area contributed by atoms with Crippen LogP contribution in [0.3, 0.4) is 0 Å². The zero-order chi connectivity index (χ0) is 13.1. The number of hydrogen-bond donors (Lipinski definition) is 0. The maximum Gasteiger partial charge on any atom is 0.295 e. The highest BCUT2D eigenvalue weighted by atomic mass is 32.2. The standard InChI is InChI=1S/C12H15FN2O2S/c1-18-8-10-3-2-6-14(10)11-5-4-9(13)7-12(11)15(16)17/h4-5,7,10H,2-3,6,8H2,1H3. The number of anilines is 1. The van der Waals surface area contributed by atoms with Crippen molar-refractivity contribution in [3.05, 3.63) is 34.1 Å². The van der Waals surface area contributed by atoms with E-state index in [1.807, 2.05) is 11.2 Å². The molecule has 4 nitrogen and oxygen atoms in total. The summed E-state index contributed by atoms with van der Waals surface area (Å²) in [6, 6.07) is 4.12. The van der Waals surface area contributed by atoms with Crippen LogP contribution in [0.5, 0.6) is 0 Å². The van der Waals surface area contributed by atoms with Crippen LogP contribution in [-0.2, 0) is 0 Å². The van der Waals surface area contributed by atoms with Crippen molar-refractivity contribution >= 4 is 23.1 Å². The Morgan fingerprint density at radius 2 is 2.39 bits per heavy atom. The fraction of sp³-hybridized carbons (Fsp3) is 0.500. The van der Waals surface area contributed by atoms with E-state index in [-0.39, 0.29) is 5.69 Å². The first-order valence-electron chi connectivity index (χ1n) is 5.83. The summed E-state index contributed by atoms with van der Waals surface area (Å²) in [5.74, 6) is 0.375. The molecule has 1 aromatic rings. The lowest BCUT2D eigenvalue weighted by molar-refractivity contribution is -0.384. The van der Waals surface area contributed by atoms with Crippen LogP contribution in [0.2, 0.25) is 0 Å². The molecule has 1 aliphatic heterocycles. The Hall–Kier alpha value is -1.30. The van der Waals surface area contributed by atoms with Crippen LogP contribution in [-0.4, -0.2) is 29.5 Å². The Morgan fingerprint density at radius 1 is 1.61 bits per heavy atom. The van der Waals surface area contributed by atoms with Gasteiger partial charge in [0.2, 0.25) is 0 Å². The van der Waals surface area contributed by atoms with Crippen molar-refractivity contribution in [3.8, 4) is 0 Å². The molecule has 18 heavy (non-hydrogen) atoms. The fourth-order valence-corrected chi connectivity index (χ4v) is 3.14. The molecule has 0 aromatic heterocycles. The van der Waals surface area contributed by atoms with Crippen LogP contribution in [0.25, 0.3) is 0 Å². The number of nitro groups is 1. The Labute approximate surface area is 109 Å². The van der Waals surface area contributed by atoms with Crippen molar-refractivity contribution in [2.75, 3.05) is 23.5 Å². The van der Waals surface area contributed by atoms with E-state index < -0.39 is 10.7 Å². The van der Waals surface area contributed by atoms with Gasteiger partial charge in [-0.15, -0.1) is 0 Å². The lowest BCUT2D eigenvalue weighted by Gasteiger charge is -2.25.